The molecule has 5 rings (SSSR count). The van der Waals surface area contributed by atoms with Gasteiger partial charge in [0, 0.05) is 12.1 Å². The van der Waals surface area contributed by atoms with Crippen LogP contribution in [-0.4, -0.2) is 58.9 Å². The first-order valence-corrected chi connectivity index (χ1v) is 11.4. The Morgan fingerprint density at radius 2 is 2.17 bits per heavy atom. The number of carbonyl (C=O) groups excluding carboxylic acids is 2. The highest BCUT2D eigenvalue weighted by Crippen LogP contribution is 2.42. The van der Waals surface area contributed by atoms with E-state index in [0.717, 1.165) is 34.1 Å². The van der Waals surface area contributed by atoms with Gasteiger partial charge in [-0.15, -0.1) is 10.2 Å². The average Bonchev–Trinajstić information content (AvgIpc) is 3.41. The first-order valence-electron chi connectivity index (χ1n) is 9.19. The Bertz CT molecular complexity index is 1220. The van der Waals surface area contributed by atoms with Gasteiger partial charge in [-0.25, -0.2) is 21.9 Å². The SMILES string of the molecule is Cc1nnc(C2=C[C@@H]3C[C@H]2N(C(=O)CN2C(=O)Nc4ccc(F)cc4S2(=O)=O)C3)s1. The number of amides is 3. The number of aryl methyl sites for hydroxylation is 1. The fourth-order valence-corrected chi connectivity index (χ4v) is 6.35. The molecule has 0 unspecified atom stereocenters. The molecule has 0 spiro atoms. The summed E-state index contributed by atoms with van der Waals surface area (Å²) in [6, 6.07) is 1.90. The first kappa shape index (κ1) is 19.1. The molecule has 1 aliphatic carbocycles. The van der Waals surface area contributed by atoms with Gasteiger partial charge in [0.25, 0.3) is 10.0 Å². The third kappa shape index (κ3) is 2.89. The number of halogens is 1. The predicted molar refractivity (Wildman–Crippen MR) is 106 cm³/mol. The van der Waals surface area contributed by atoms with Gasteiger partial charge in [-0.2, -0.15) is 0 Å². The third-order valence-electron chi connectivity index (χ3n) is 5.46. The van der Waals surface area contributed by atoms with E-state index in [1.54, 1.807) is 4.90 Å². The number of carbonyl (C=O) groups is 2. The van der Waals surface area contributed by atoms with Crippen LogP contribution in [-0.2, 0) is 14.8 Å². The second kappa shape index (κ2) is 6.57. The van der Waals surface area contributed by atoms with Crippen LogP contribution in [0.4, 0.5) is 14.9 Å². The molecular formula is C18H16FN5O4S2. The minimum Gasteiger partial charge on any atom is -0.333 e. The quantitative estimate of drug-likeness (QED) is 0.765. The smallest absolute Gasteiger partial charge is 0.333 e. The van der Waals surface area contributed by atoms with Gasteiger partial charge in [-0.05, 0) is 37.5 Å². The number of nitrogens with zero attached hydrogens (tertiary/aromatic N) is 4. The van der Waals surface area contributed by atoms with Crippen molar-refractivity contribution in [2.75, 3.05) is 18.4 Å². The van der Waals surface area contributed by atoms with E-state index in [1.165, 1.54) is 17.4 Å². The highest BCUT2D eigenvalue weighted by molar-refractivity contribution is 7.90. The maximum atomic E-state index is 13.6. The lowest BCUT2D eigenvalue weighted by molar-refractivity contribution is -0.131. The summed E-state index contributed by atoms with van der Waals surface area (Å²) in [7, 11) is -4.36. The van der Waals surface area contributed by atoms with Crippen molar-refractivity contribution in [1.29, 1.82) is 0 Å². The van der Waals surface area contributed by atoms with Crippen LogP contribution in [0.1, 0.15) is 16.4 Å². The summed E-state index contributed by atoms with van der Waals surface area (Å²) in [6.45, 7) is 1.64. The third-order valence-corrected chi connectivity index (χ3v) is 8.12. The van der Waals surface area contributed by atoms with Gasteiger partial charge in [-0.1, -0.05) is 17.4 Å². The van der Waals surface area contributed by atoms with Gasteiger partial charge in [0.15, 0.2) is 0 Å². The number of urea groups is 1. The molecule has 2 aliphatic heterocycles. The Kier molecular flexibility index (Phi) is 4.19. The second-order valence-corrected chi connectivity index (χ2v) is 10.4. The topological polar surface area (TPSA) is 113 Å². The van der Waals surface area contributed by atoms with Crippen molar-refractivity contribution in [2.24, 2.45) is 5.92 Å². The molecule has 1 N–H and O–H groups in total. The lowest BCUT2D eigenvalue weighted by atomic mass is 10.1. The number of hydrogen-bond acceptors (Lipinski definition) is 7. The summed E-state index contributed by atoms with van der Waals surface area (Å²) in [4.78, 5) is 26.6. The van der Waals surface area contributed by atoms with Crippen molar-refractivity contribution < 1.29 is 22.4 Å². The Hall–Kier alpha value is -2.86. The Morgan fingerprint density at radius 3 is 2.87 bits per heavy atom. The molecule has 1 fully saturated rings. The molecule has 3 heterocycles. The van der Waals surface area contributed by atoms with Crippen LogP contribution in [0.15, 0.2) is 29.2 Å². The molecule has 2 aromatic rings. The van der Waals surface area contributed by atoms with Crippen molar-refractivity contribution in [2.45, 2.75) is 24.3 Å². The number of nitrogens with one attached hydrogen (secondary N) is 1. The van der Waals surface area contributed by atoms with E-state index in [9.17, 15) is 22.4 Å². The zero-order valence-corrected chi connectivity index (χ0v) is 17.3. The van der Waals surface area contributed by atoms with Crippen LogP contribution < -0.4 is 5.32 Å². The second-order valence-electron chi connectivity index (χ2n) is 7.39. The van der Waals surface area contributed by atoms with Crippen LogP contribution in [0.25, 0.3) is 5.57 Å². The number of likely N-dealkylation sites (tertiary alicyclic amines) is 1. The van der Waals surface area contributed by atoms with E-state index in [0.29, 0.717) is 10.8 Å². The summed E-state index contributed by atoms with van der Waals surface area (Å²) in [5.41, 5.74) is 0.894. The van der Waals surface area contributed by atoms with Crippen LogP contribution in [0.3, 0.4) is 0 Å². The van der Waals surface area contributed by atoms with Gasteiger partial charge >= 0.3 is 6.03 Å². The molecule has 1 aromatic carbocycles. The van der Waals surface area contributed by atoms with Gasteiger partial charge < -0.3 is 10.2 Å². The van der Waals surface area contributed by atoms with Gasteiger partial charge in [-0.3, -0.25) is 4.79 Å². The van der Waals surface area contributed by atoms with Crippen molar-refractivity contribution in [1.82, 2.24) is 19.4 Å². The van der Waals surface area contributed by atoms with Crippen molar-refractivity contribution in [3.63, 3.8) is 0 Å². The van der Waals surface area contributed by atoms with Crippen LogP contribution in [0.2, 0.25) is 0 Å². The number of aromatic nitrogens is 2. The Morgan fingerprint density at radius 1 is 1.37 bits per heavy atom. The van der Waals surface area contributed by atoms with Crippen LogP contribution in [0, 0.1) is 18.7 Å². The van der Waals surface area contributed by atoms with Crippen molar-refractivity contribution in [3.8, 4) is 0 Å². The summed E-state index contributed by atoms with van der Waals surface area (Å²) in [5, 5.41) is 12.1. The summed E-state index contributed by atoms with van der Waals surface area (Å²) < 4.78 is 39.8. The fourth-order valence-electron chi connectivity index (χ4n) is 4.14. The average molecular weight is 449 g/mol. The number of fused-ring (bicyclic) bond motifs is 3. The normalized spacial score (nSPS) is 23.9. The molecule has 0 radical (unpaired) electrons. The summed E-state index contributed by atoms with van der Waals surface area (Å²) in [5.74, 6) is -1.09. The molecule has 30 heavy (non-hydrogen) atoms. The number of anilines is 1. The van der Waals surface area contributed by atoms with E-state index in [4.69, 9.17) is 0 Å². The van der Waals surface area contributed by atoms with Crippen molar-refractivity contribution >= 4 is 44.6 Å². The van der Waals surface area contributed by atoms with Crippen LogP contribution in [0.5, 0.6) is 0 Å². The predicted octanol–water partition coefficient (Wildman–Crippen LogP) is 1.84. The standard InChI is InChI=1S/C18H16FN5O4S2/c1-9-21-22-17(29-9)12-4-10-5-14(12)23(7-10)16(25)8-24-18(26)20-13-3-2-11(19)6-15(13)30(24,27)28/h2-4,6,10,14H,5,7-8H2,1H3,(H,20,26)/t10-,14-/m1/s1. The van der Waals surface area contributed by atoms with E-state index in [1.807, 2.05) is 6.92 Å². The first-order chi connectivity index (χ1) is 14.2. The molecule has 3 amide bonds. The molecule has 156 valence electrons. The van der Waals surface area contributed by atoms with E-state index >= 15 is 0 Å². The van der Waals surface area contributed by atoms with Crippen LogP contribution >= 0.6 is 11.3 Å². The lowest BCUT2D eigenvalue weighted by Gasteiger charge is -2.32. The highest BCUT2D eigenvalue weighted by Gasteiger charge is 2.45. The largest absolute Gasteiger partial charge is 0.336 e. The molecule has 12 heteroatoms. The minimum absolute atomic E-state index is 0.0119. The fraction of sp³-hybridized carbons (Fsp3) is 0.333. The zero-order chi connectivity index (χ0) is 21.2. The summed E-state index contributed by atoms with van der Waals surface area (Å²) in [6.07, 6.45) is 2.81. The maximum absolute atomic E-state index is 13.6. The molecule has 2 bridgehead atoms. The maximum Gasteiger partial charge on any atom is 0.336 e. The summed E-state index contributed by atoms with van der Waals surface area (Å²) >= 11 is 1.43. The van der Waals surface area contributed by atoms with Crippen molar-refractivity contribution in [3.05, 3.63) is 40.1 Å². The van der Waals surface area contributed by atoms with Gasteiger partial charge in [0.1, 0.15) is 27.3 Å². The Labute approximate surface area is 175 Å². The molecule has 2 atom stereocenters. The molecule has 9 nitrogen and oxygen atoms in total. The van der Waals surface area contributed by atoms with E-state index in [-0.39, 0.29) is 22.5 Å². The highest BCUT2D eigenvalue weighted by atomic mass is 32.2. The van der Waals surface area contributed by atoms with Gasteiger partial charge in [0.05, 0.1) is 11.7 Å². The number of rotatable bonds is 3. The zero-order valence-electron chi connectivity index (χ0n) is 15.7. The van der Waals surface area contributed by atoms with E-state index in [2.05, 4.69) is 21.6 Å². The molecular weight excluding hydrogens is 433 g/mol. The van der Waals surface area contributed by atoms with Gasteiger partial charge in [0.2, 0.25) is 5.91 Å². The molecule has 3 aliphatic rings. The molecule has 0 saturated carbocycles. The van der Waals surface area contributed by atoms with E-state index < -0.39 is 34.3 Å². The number of hydrogen-bond donors (Lipinski definition) is 1. The lowest BCUT2D eigenvalue weighted by Crippen LogP contribution is -2.50. The molecule has 1 saturated heterocycles. The number of sulfonamides is 1. The minimum atomic E-state index is -4.36. The Balaban J connectivity index is 1.40. The monoisotopic (exact) mass is 449 g/mol. The number of benzene rings is 1. The molecule has 1 aromatic heterocycles.